The zero-order chi connectivity index (χ0) is 12.0. The molecule has 0 atom stereocenters. The number of esters is 1. The number of ether oxygens (including phenoxy) is 1. The van der Waals surface area contributed by atoms with Gasteiger partial charge in [-0.3, -0.25) is 4.79 Å². The molecule has 0 heterocycles. The molecule has 0 saturated heterocycles. The van der Waals surface area contributed by atoms with Gasteiger partial charge in [-0.15, -0.1) is 0 Å². The summed E-state index contributed by atoms with van der Waals surface area (Å²) >= 11 is 0. The standard InChI is InChI=1S/C13H25NO2/c1-3-13(14,4-2)12(15)16-11-9-7-5-6-8-10-11/h11H,3-10,14H2,1-2H3. The summed E-state index contributed by atoms with van der Waals surface area (Å²) in [6.07, 6.45) is 8.30. The Balaban J connectivity index is 2.48. The van der Waals surface area contributed by atoms with Crippen molar-refractivity contribution in [3.05, 3.63) is 0 Å². The highest BCUT2D eigenvalue weighted by molar-refractivity contribution is 5.80. The zero-order valence-electron chi connectivity index (χ0n) is 10.6. The summed E-state index contributed by atoms with van der Waals surface area (Å²) in [6.45, 7) is 3.88. The Morgan fingerprint density at radius 1 is 1.19 bits per heavy atom. The Kier molecular flexibility index (Phi) is 5.26. The van der Waals surface area contributed by atoms with Gasteiger partial charge in [0.1, 0.15) is 11.6 Å². The predicted octanol–water partition coefficient (Wildman–Crippen LogP) is 2.77. The molecule has 1 fully saturated rings. The van der Waals surface area contributed by atoms with Crippen molar-refractivity contribution in [1.82, 2.24) is 0 Å². The van der Waals surface area contributed by atoms with Gasteiger partial charge in [-0.25, -0.2) is 0 Å². The fourth-order valence-corrected chi connectivity index (χ4v) is 2.17. The van der Waals surface area contributed by atoms with Crippen LogP contribution in [0, 0.1) is 0 Å². The molecular weight excluding hydrogens is 202 g/mol. The lowest BCUT2D eigenvalue weighted by Crippen LogP contribution is -2.49. The molecule has 0 aromatic rings. The van der Waals surface area contributed by atoms with Crippen molar-refractivity contribution in [2.45, 2.75) is 76.9 Å². The van der Waals surface area contributed by atoms with Gasteiger partial charge in [0.2, 0.25) is 0 Å². The lowest BCUT2D eigenvalue weighted by Gasteiger charge is -2.27. The molecule has 0 spiro atoms. The maximum absolute atomic E-state index is 12.0. The molecule has 1 aliphatic carbocycles. The van der Waals surface area contributed by atoms with E-state index in [0.717, 1.165) is 12.8 Å². The Morgan fingerprint density at radius 2 is 1.69 bits per heavy atom. The van der Waals surface area contributed by atoms with E-state index in [1.165, 1.54) is 25.7 Å². The molecule has 1 aliphatic rings. The van der Waals surface area contributed by atoms with E-state index >= 15 is 0 Å². The smallest absolute Gasteiger partial charge is 0.326 e. The predicted molar refractivity (Wildman–Crippen MR) is 65.1 cm³/mol. The maximum Gasteiger partial charge on any atom is 0.326 e. The normalized spacial score (nSPS) is 19.2. The van der Waals surface area contributed by atoms with Crippen molar-refractivity contribution in [3.63, 3.8) is 0 Å². The molecule has 0 aromatic heterocycles. The largest absolute Gasteiger partial charge is 0.461 e. The average Bonchev–Trinajstić information content (AvgIpc) is 2.56. The summed E-state index contributed by atoms with van der Waals surface area (Å²) in [4.78, 5) is 12.0. The van der Waals surface area contributed by atoms with E-state index in [4.69, 9.17) is 10.5 Å². The number of carbonyl (C=O) groups is 1. The van der Waals surface area contributed by atoms with Gasteiger partial charge in [0.15, 0.2) is 0 Å². The first-order chi connectivity index (χ1) is 7.62. The van der Waals surface area contributed by atoms with Crippen molar-refractivity contribution in [3.8, 4) is 0 Å². The third-order valence-electron chi connectivity index (χ3n) is 3.74. The van der Waals surface area contributed by atoms with Crippen molar-refractivity contribution < 1.29 is 9.53 Å². The van der Waals surface area contributed by atoms with Crippen LogP contribution in [0.5, 0.6) is 0 Å². The quantitative estimate of drug-likeness (QED) is 0.593. The van der Waals surface area contributed by atoms with Crippen LogP contribution in [0.2, 0.25) is 0 Å². The molecular formula is C13H25NO2. The van der Waals surface area contributed by atoms with Crippen LogP contribution in [0.15, 0.2) is 0 Å². The molecule has 0 bridgehead atoms. The SMILES string of the molecule is CCC(N)(CC)C(=O)OC1CCCCCC1. The van der Waals surface area contributed by atoms with Crippen LogP contribution in [0.3, 0.4) is 0 Å². The third-order valence-corrected chi connectivity index (χ3v) is 3.74. The van der Waals surface area contributed by atoms with E-state index in [1.807, 2.05) is 13.8 Å². The third kappa shape index (κ3) is 3.48. The average molecular weight is 227 g/mol. The van der Waals surface area contributed by atoms with E-state index < -0.39 is 5.54 Å². The van der Waals surface area contributed by atoms with Gasteiger partial charge in [0.25, 0.3) is 0 Å². The fourth-order valence-electron chi connectivity index (χ4n) is 2.17. The van der Waals surface area contributed by atoms with E-state index in [1.54, 1.807) is 0 Å². The van der Waals surface area contributed by atoms with Gasteiger partial charge < -0.3 is 10.5 Å². The molecule has 3 heteroatoms. The molecule has 1 saturated carbocycles. The molecule has 1 rings (SSSR count). The lowest BCUT2D eigenvalue weighted by molar-refractivity contribution is -0.156. The van der Waals surface area contributed by atoms with Crippen LogP contribution >= 0.6 is 0 Å². The summed E-state index contributed by atoms with van der Waals surface area (Å²) in [5.41, 5.74) is 5.25. The number of nitrogens with two attached hydrogens (primary N) is 1. The van der Waals surface area contributed by atoms with E-state index in [2.05, 4.69) is 0 Å². The second-order valence-electron chi connectivity index (χ2n) is 4.88. The number of rotatable bonds is 4. The number of carbonyl (C=O) groups excluding carboxylic acids is 1. The summed E-state index contributed by atoms with van der Waals surface area (Å²) in [5, 5.41) is 0. The van der Waals surface area contributed by atoms with Crippen molar-refractivity contribution in [1.29, 1.82) is 0 Å². The summed E-state index contributed by atoms with van der Waals surface area (Å²) in [7, 11) is 0. The first kappa shape index (κ1) is 13.5. The summed E-state index contributed by atoms with van der Waals surface area (Å²) < 4.78 is 5.55. The Labute approximate surface area is 98.7 Å². The van der Waals surface area contributed by atoms with Gasteiger partial charge >= 0.3 is 5.97 Å². The maximum atomic E-state index is 12.0. The summed E-state index contributed by atoms with van der Waals surface area (Å²) in [6, 6.07) is 0. The Morgan fingerprint density at radius 3 is 2.12 bits per heavy atom. The van der Waals surface area contributed by atoms with Crippen LogP contribution in [-0.2, 0) is 9.53 Å². The lowest BCUT2D eigenvalue weighted by atomic mass is 9.94. The van der Waals surface area contributed by atoms with E-state index in [9.17, 15) is 4.79 Å². The topological polar surface area (TPSA) is 52.3 Å². The second kappa shape index (κ2) is 6.24. The molecule has 2 N–H and O–H groups in total. The van der Waals surface area contributed by atoms with Gasteiger partial charge in [0, 0.05) is 0 Å². The summed E-state index contributed by atoms with van der Waals surface area (Å²) in [5.74, 6) is -0.204. The second-order valence-corrected chi connectivity index (χ2v) is 4.88. The van der Waals surface area contributed by atoms with Crippen molar-refractivity contribution in [2.24, 2.45) is 5.73 Å². The van der Waals surface area contributed by atoms with Gasteiger partial charge in [-0.05, 0) is 38.5 Å². The van der Waals surface area contributed by atoms with Gasteiger partial charge in [-0.2, -0.15) is 0 Å². The first-order valence-electron chi connectivity index (χ1n) is 6.62. The molecule has 3 nitrogen and oxygen atoms in total. The first-order valence-corrected chi connectivity index (χ1v) is 6.62. The Bertz CT molecular complexity index is 216. The molecule has 94 valence electrons. The molecule has 0 aromatic carbocycles. The van der Waals surface area contributed by atoms with Crippen LogP contribution in [0.1, 0.15) is 65.2 Å². The monoisotopic (exact) mass is 227 g/mol. The zero-order valence-corrected chi connectivity index (χ0v) is 10.6. The molecule has 0 unspecified atom stereocenters. The van der Waals surface area contributed by atoms with Crippen molar-refractivity contribution >= 4 is 5.97 Å². The molecule has 0 radical (unpaired) electrons. The van der Waals surface area contributed by atoms with Crippen LogP contribution in [-0.4, -0.2) is 17.6 Å². The molecule has 16 heavy (non-hydrogen) atoms. The highest BCUT2D eigenvalue weighted by Crippen LogP contribution is 2.22. The van der Waals surface area contributed by atoms with Gasteiger partial charge in [-0.1, -0.05) is 26.7 Å². The van der Waals surface area contributed by atoms with Crippen LogP contribution in [0.25, 0.3) is 0 Å². The molecule has 0 amide bonds. The molecule has 0 aliphatic heterocycles. The van der Waals surface area contributed by atoms with E-state index in [0.29, 0.717) is 12.8 Å². The van der Waals surface area contributed by atoms with Gasteiger partial charge in [0.05, 0.1) is 0 Å². The van der Waals surface area contributed by atoms with Crippen LogP contribution in [0.4, 0.5) is 0 Å². The highest BCUT2D eigenvalue weighted by Gasteiger charge is 2.33. The minimum Gasteiger partial charge on any atom is -0.461 e. The Hall–Kier alpha value is -0.570. The fraction of sp³-hybridized carbons (Fsp3) is 0.923. The highest BCUT2D eigenvalue weighted by atomic mass is 16.5. The van der Waals surface area contributed by atoms with Crippen molar-refractivity contribution in [2.75, 3.05) is 0 Å². The minimum absolute atomic E-state index is 0.107. The number of hydrogen-bond acceptors (Lipinski definition) is 3. The minimum atomic E-state index is -0.772. The number of hydrogen-bond donors (Lipinski definition) is 1. The van der Waals surface area contributed by atoms with E-state index in [-0.39, 0.29) is 12.1 Å². The van der Waals surface area contributed by atoms with Crippen LogP contribution < -0.4 is 5.73 Å².